The van der Waals surface area contributed by atoms with E-state index in [4.69, 9.17) is 4.84 Å². The maximum absolute atomic E-state index is 14.0. The summed E-state index contributed by atoms with van der Waals surface area (Å²) >= 11 is 0. The van der Waals surface area contributed by atoms with Gasteiger partial charge in [-0.1, -0.05) is 0 Å². The van der Waals surface area contributed by atoms with Crippen molar-refractivity contribution in [2.24, 2.45) is 11.8 Å². The lowest BCUT2D eigenvalue weighted by Gasteiger charge is -2.32. The van der Waals surface area contributed by atoms with Crippen LogP contribution in [0.25, 0.3) is 0 Å². The van der Waals surface area contributed by atoms with Gasteiger partial charge in [-0.05, 0) is 87.6 Å². The highest BCUT2D eigenvalue weighted by Crippen LogP contribution is 2.37. The minimum Gasteiger partial charge on any atom is -0.272 e. The van der Waals surface area contributed by atoms with Gasteiger partial charge in [-0.3, -0.25) is 19.6 Å². The van der Waals surface area contributed by atoms with E-state index in [2.05, 4.69) is 23.0 Å². The Labute approximate surface area is 177 Å². The molecule has 5 nitrogen and oxygen atoms in total. The first-order valence-electron chi connectivity index (χ1n) is 10.9. The van der Waals surface area contributed by atoms with Gasteiger partial charge >= 0.3 is 0 Å². The second-order valence-corrected chi connectivity index (χ2v) is 8.81. The molecular weight excluding hydrogens is 381 g/mol. The molecule has 1 atom stereocenters. The van der Waals surface area contributed by atoms with Gasteiger partial charge in [0.15, 0.2) is 0 Å². The third-order valence-corrected chi connectivity index (χ3v) is 6.61. The third kappa shape index (κ3) is 4.38. The van der Waals surface area contributed by atoms with Crippen molar-refractivity contribution in [2.75, 3.05) is 6.61 Å². The number of aromatic nitrogens is 2. The largest absolute Gasteiger partial charge is 0.272 e. The second kappa shape index (κ2) is 8.80. The standard InChI is InChI=1S/C24H30FN3O2/c1-15-13-26-16(2)10-20(15)11-18-4-6-19(7-5-18)24(29)28-23(8-9-30-28)21-12-22(25)17(3)27-14-21/h10,12-14,18-19,23H,4-9,11H2,1-3H3/t18-,19-,23-/m0/s1. The molecule has 2 aromatic heterocycles. The lowest BCUT2D eigenvalue weighted by Crippen LogP contribution is -2.37. The minimum atomic E-state index is -0.339. The molecule has 1 amide bonds. The Morgan fingerprint density at radius 3 is 2.60 bits per heavy atom. The Kier molecular flexibility index (Phi) is 6.14. The quantitative estimate of drug-likeness (QED) is 0.726. The van der Waals surface area contributed by atoms with Crippen molar-refractivity contribution < 1.29 is 14.0 Å². The number of hydrogen-bond donors (Lipinski definition) is 0. The molecule has 2 fully saturated rings. The predicted molar refractivity (Wildman–Crippen MR) is 112 cm³/mol. The number of halogens is 1. The van der Waals surface area contributed by atoms with Gasteiger partial charge in [0.05, 0.1) is 18.3 Å². The van der Waals surface area contributed by atoms with Crippen LogP contribution in [0.5, 0.6) is 0 Å². The van der Waals surface area contributed by atoms with E-state index in [-0.39, 0.29) is 23.7 Å². The van der Waals surface area contributed by atoms with Gasteiger partial charge in [-0.25, -0.2) is 9.45 Å². The molecule has 0 bridgehead atoms. The molecule has 3 heterocycles. The summed E-state index contributed by atoms with van der Waals surface area (Å²) in [6.45, 7) is 6.26. The lowest BCUT2D eigenvalue weighted by atomic mass is 9.78. The van der Waals surface area contributed by atoms with Gasteiger partial charge in [-0.2, -0.15) is 0 Å². The Morgan fingerprint density at radius 2 is 1.87 bits per heavy atom. The fourth-order valence-corrected chi connectivity index (χ4v) is 4.70. The number of rotatable bonds is 4. The van der Waals surface area contributed by atoms with Gasteiger partial charge in [0, 0.05) is 30.4 Å². The first-order chi connectivity index (χ1) is 14.4. The Hall–Kier alpha value is -2.34. The summed E-state index contributed by atoms with van der Waals surface area (Å²) in [6.07, 6.45) is 9.16. The van der Waals surface area contributed by atoms with Crippen LogP contribution in [0, 0.1) is 38.4 Å². The molecule has 0 unspecified atom stereocenters. The molecule has 0 N–H and O–H groups in total. The summed E-state index contributed by atoms with van der Waals surface area (Å²) in [5.41, 5.74) is 4.74. The van der Waals surface area contributed by atoms with E-state index in [9.17, 15) is 9.18 Å². The third-order valence-electron chi connectivity index (χ3n) is 6.61. The van der Waals surface area contributed by atoms with Crippen molar-refractivity contribution in [2.45, 2.75) is 65.3 Å². The van der Waals surface area contributed by atoms with Crippen molar-refractivity contribution in [3.8, 4) is 0 Å². The van der Waals surface area contributed by atoms with Crippen LogP contribution in [-0.4, -0.2) is 27.5 Å². The van der Waals surface area contributed by atoms with E-state index < -0.39 is 0 Å². The Balaban J connectivity index is 1.37. The van der Waals surface area contributed by atoms with E-state index in [1.807, 2.05) is 13.1 Å². The molecule has 2 aliphatic rings. The van der Waals surface area contributed by atoms with E-state index in [1.165, 1.54) is 22.3 Å². The first-order valence-corrected chi connectivity index (χ1v) is 10.9. The fourth-order valence-electron chi connectivity index (χ4n) is 4.70. The molecule has 1 aliphatic heterocycles. The molecule has 0 radical (unpaired) electrons. The number of nitrogens with zero attached hydrogens (tertiary/aromatic N) is 3. The molecule has 1 saturated heterocycles. The second-order valence-electron chi connectivity index (χ2n) is 8.81. The summed E-state index contributed by atoms with van der Waals surface area (Å²) in [4.78, 5) is 27.3. The number of carbonyl (C=O) groups is 1. The van der Waals surface area contributed by atoms with Crippen molar-refractivity contribution >= 4 is 5.91 Å². The highest BCUT2D eigenvalue weighted by atomic mass is 19.1. The van der Waals surface area contributed by atoms with Crippen LogP contribution < -0.4 is 0 Å². The molecule has 1 saturated carbocycles. The van der Waals surface area contributed by atoms with Crippen molar-refractivity contribution in [3.63, 3.8) is 0 Å². The van der Waals surface area contributed by atoms with E-state index in [1.54, 1.807) is 13.1 Å². The normalized spacial score (nSPS) is 24.3. The van der Waals surface area contributed by atoms with Crippen molar-refractivity contribution in [1.29, 1.82) is 0 Å². The lowest BCUT2D eigenvalue weighted by molar-refractivity contribution is -0.183. The summed E-state index contributed by atoms with van der Waals surface area (Å²) < 4.78 is 14.0. The molecule has 30 heavy (non-hydrogen) atoms. The van der Waals surface area contributed by atoms with E-state index >= 15 is 0 Å². The average Bonchev–Trinajstić information content (AvgIpc) is 3.23. The maximum atomic E-state index is 14.0. The highest BCUT2D eigenvalue weighted by Gasteiger charge is 2.37. The highest BCUT2D eigenvalue weighted by molar-refractivity contribution is 5.78. The Morgan fingerprint density at radius 1 is 1.10 bits per heavy atom. The molecule has 0 spiro atoms. The molecule has 1 aliphatic carbocycles. The van der Waals surface area contributed by atoms with Crippen LogP contribution in [0.1, 0.15) is 66.2 Å². The Bertz CT molecular complexity index is 925. The van der Waals surface area contributed by atoms with E-state index in [0.29, 0.717) is 30.2 Å². The topological polar surface area (TPSA) is 55.3 Å². The number of hydrogen-bond acceptors (Lipinski definition) is 4. The zero-order valence-electron chi connectivity index (χ0n) is 18.0. The smallest absolute Gasteiger partial charge is 0.249 e. The van der Waals surface area contributed by atoms with Crippen LogP contribution in [0.4, 0.5) is 4.39 Å². The number of hydroxylamine groups is 2. The summed E-state index contributed by atoms with van der Waals surface area (Å²) in [7, 11) is 0. The molecular formula is C24H30FN3O2. The van der Waals surface area contributed by atoms with Crippen molar-refractivity contribution in [1.82, 2.24) is 15.0 Å². The van der Waals surface area contributed by atoms with Crippen LogP contribution in [0.2, 0.25) is 0 Å². The SMILES string of the molecule is Cc1cc(C[C@H]2CC[C@H](C(=O)N3OCC[C@H]3c3cnc(C)c(F)c3)CC2)c(C)cn1. The van der Waals surface area contributed by atoms with Gasteiger partial charge in [0.2, 0.25) is 5.91 Å². The zero-order valence-corrected chi connectivity index (χ0v) is 18.0. The van der Waals surface area contributed by atoms with Gasteiger partial charge in [0.25, 0.3) is 0 Å². The predicted octanol–water partition coefficient (Wildman–Crippen LogP) is 4.80. The monoisotopic (exact) mass is 411 g/mol. The number of aryl methyl sites for hydroxylation is 3. The summed E-state index contributed by atoms with van der Waals surface area (Å²) in [5, 5.41) is 1.49. The van der Waals surface area contributed by atoms with Crippen LogP contribution in [-0.2, 0) is 16.1 Å². The van der Waals surface area contributed by atoms with Gasteiger partial charge < -0.3 is 0 Å². The summed E-state index contributed by atoms with van der Waals surface area (Å²) in [6, 6.07) is 3.42. The van der Waals surface area contributed by atoms with Crippen LogP contribution >= 0.6 is 0 Å². The fraction of sp³-hybridized carbons (Fsp3) is 0.542. The van der Waals surface area contributed by atoms with Crippen molar-refractivity contribution in [3.05, 3.63) is 58.4 Å². The van der Waals surface area contributed by atoms with Gasteiger partial charge in [-0.15, -0.1) is 0 Å². The minimum absolute atomic E-state index is 0.0228. The van der Waals surface area contributed by atoms with Crippen LogP contribution in [0.15, 0.2) is 24.5 Å². The molecule has 2 aromatic rings. The van der Waals surface area contributed by atoms with Gasteiger partial charge in [0.1, 0.15) is 5.82 Å². The molecule has 160 valence electrons. The molecule has 4 rings (SSSR count). The number of amides is 1. The van der Waals surface area contributed by atoms with Crippen LogP contribution in [0.3, 0.4) is 0 Å². The summed E-state index contributed by atoms with van der Waals surface area (Å²) in [5.74, 6) is 0.271. The number of pyridine rings is 2. The van der Waals surface area contributed by atoms with E-state index in [0.717, 1.165) is 37.8 Å². The number of carbonyl (C=O) groups excluding carboxylic acids is 1. The molecule has 0 aromatic carbocycles. The average molecular weight is 412 g/mol. The first kappa shape index (κ1) is 20.9. The maximum Gasteiger partial charge on any atom is 0.249 e. The zero-order chi connectivity index (χ0) is 21.3. The molecule has 6 heteroatoms.